The molecule has 260 valence electrons. The van der Waals surface area contributed by atoms with Crippen molar-refractivity contribution < 1.29 is 0 Å². The van der Waals surface area contributed by atoms with Crippen molar-refractivity contribution in [1.29, 1.82) is 0 Å². The number of hydrogen-bond acceptors (Lipinski definition) is 1. The SMILES string of the molecule is CC1(c2ccccc2)c2ccccc2-c2c(-c3ccc(N(c4ccc(-c5ccc(-c6ccccc6)cc5)cc4)c4ccc5ccccc5c4)cc3)cccc21. The van der Waals surface area contributed by atoms with Crippen molar-refractivity contribution in [3.05, 3.63) is 235 Å². The predicted octanol–water partition coefficient (Wildman–Crippen LogP) is 14.6. The monoisotopic (exact) mass is 701 g/mol. The van der Waals surface area contributed by atoms with E-state index in [0.717, 1.165) is 17.1 Å². The Hall–Kier alpha value is -6.96. The van der Waals surface area contributed by atoms with Gasteiger partial charge in [0, 0.05) is 22.5 Å². The highest BCUT2D eigenvalue weighted by Gasteiger charge is 2.41. The van der Waals surface area contributed by atoms with Crippen LogP contribution in [0.4, 0.5) is 17.1 Å². The van der Waals surface area contributed by atoms with Crippen molar-refractivity contribution in [2.75, 3.05) is 4.90 Å². The predicted molar refractivity (Wildman–Crippen MR) is 232 cm³/mol. The van der Waals surface area contributed by atoms with Crippen LogP contribution in [0.25, 0.3) is 55.3 Å². The van der Waals surface area contributed by atoms with Crippen LogP contribution in [0.5, 0.6) is 0 Å². The maximum atomic E-state index is 2.38. The molecule has 0 aromatic heterocycles. The number of nitrogens with zero attached hydrogens (tertiary/aromatic N) is 1. The number of benzene rings is 9. The van der Waals surface area contributed by atoms with Gasteiger partial charge in [-0.15, -0.1) is 0 Å². The molecule has 0 aliphatic heterocycles. The molecule has 10 rings (SSSR count). The van der Waals surface area contributed by atoms with E-state index in [0.29, 0.717) is 0 Å². The van der Waals surface area contributed by atoms with E-state index >= 15 is 0 Å². The first-order valence-electron chi connectivity index (χ1n) is 19.1. The van der Waals surface area contributed by atoms with E-state index in [1.165, 1.54) is 72.0 Å². The van der Waals surface area contributed by atoms with Crippen molar-refractivity contribution >= 4 is 27.8 Å². The Balaban J connectivity index is 1.04. The standard InChI is InChI=1S/C54H39N/c1-54(45-17-6-3-7-18-45)51-21-11-10-19-50(51)53-49(20-12-22-52(53)54)43-30-34-47(35-31-43)55(48-36-29-39-15-8-9-16-44(39)37-48)46-32-27-42(28-33-46)41-25-23-40(24-26-41)38-13-4-2-5-14-38/h2-37H,1H3. The summed E-state index contributed by atoms with van der Waals surface area (Å²) in [4.78, 5) is 2.37. The molecule has 1 atom stereocenters. The molecule has 0 N–H and O–H groups in total. The zero-order chi connectivity index (χ0) is 36.8. The number of fused-ring (bicyclic) bond motifs is 4. The molecule has 0 spiro atoms. The summed E-state index contributed by atoms with van der Waals surface area (Å²) in [6.45, 7) is 2.38. The molecular formula is C54H39N. The van der Waals surface area contributed by atoms with E-state index < -0.39 is 0 Å². The molecule has 0 saturated heterocycles. The van der Waals surface area contributed by atoms with Gasteiger partial charge in [-0.2, -0.15) is 0 Å². The highest BCUT2D eigenvalue weighted by Crippen LogP contribution is 2.55. The second-order valence-corrected chi connectivity index (χ2v) is 14.7. The van der Waals surface area contributed by atoms with Gasteiger partial charge >= 0.3 is 0 Å². The summed E-state index contributed by atoms with van der Waals surface area (Å²) in [6, 6.07) is 79.6. The van der Waals surface area contributed by atoms with E-state index in [1.807, 2.05) is 0 Å². The van der Waals surface area contributed by atoms with Crippen LogP contribution < -0.4 is 4.90 Å². The zero-order valence-corrected chi connectivity index (χ0v) is 30.7. The lowest BCUT2D eigenvalue weighted by Gasteiger charge is -2.28. The molecular weight excluding hydrogens is 663 g/mol. The van der Waals surface area contributed by atoms with Crippen molar-refractivity contribution in [3.63, 3.8) is 0 Å². The van der Waals surface area contributed by atoms with E-state index in [-0.39, 0.29) is 5.41 Å². The Morgan fingerprint density at radius 3 is 1.47 bits per heavy atom. The minimum atomic E-state index is -0.230. The molecule has 55 heavy (non-hydrogen) atoms. The lowest BCUT2D eigenvalue weighted by molar-refractivity contribution is 0.714. The molecule has 9 aromatic rings. The van der Waals surface area contributed by atoms with Gasteiger partial charge in [0.15, 0.2) is 0 Å². The van der Waals surface area contributed by atoms with Crippen LogP contribution in [0.15, 0.2) is 218 Å². The fourth-order valence-corrected chi connectivity index (χ4v) is 8.71. The topological polar surface area (TPSA) is 3.24 Å². The summed E-state index contributed by atoms with van der Waals surface area (Å²) in [6.07, 6.45) is 0. The molecule has 0 radical (unpaired) electrons. The number of rotatable bonds is 7. The van der Waals surface area contributed by atoms with Crippen molar-refractivity contribution in [2.24, 2.45) is 0 Å². The quantitative estimate of drug-likeness (QED) is 0.160. The number of hydrogen-bond donors (Lipinski definition) is 0. The first-order chi connectivity index (χ1) is 27.1. The lowest BCUT2D eigenvalue weighted by atomic mass is 9.74. The Kier molecular flexibility index (Phi) is 8.00. The fourth-order valence-electron chi connectivity index (χ4n) is 8.71. The van der Waals surface area contributed by atoms with Crippen LogP contribution in [-0.4, -0.2) is 0 Å². The maximum absolute atomic E-state index is 2.38. The Morgan fingerprint density at radius 2 is 0.800 bits per heavy atom. The molecule has 1 heteroatoms. The van der Waals surface area contributed by atoms with Gasteiger partial charge in [-0.05, 0) is 115 Å². The summed E-state index contributed by atoms with van der Waals surface area (Å²) in [5.74, 6) is 0. The molecule has 1 nitrogen and oxygen atoms in total. The Morgan fingerprint density at radius 1 is 0.327 bits per heavy atom. The molecule has 1 unspecified atom stereocenters. The van der Waals surface area contributed by atoms with Crippen molar-refractivity contribution in [3.8, 4) is 44.5 Å². The van der Waals surface area contributed by atoms with E-state index in [2.05, 4.69) is 230 Å². The highest BCUT2D eigenvalue weighted by atomic mass is 15.1. The first kappa shape index (κ1) is 32.7. The Bertz CT molecular complexity index is 2780. The van der Waals surface area contributed by atoms with Gasteiger partial charge in [0.1, 0.15) is 0 Å². The second kappa shape index (κ2) is 13.5. The smallest absolute Gasteiger partial charge is 0.0468 e. The van der Waals surface area contributed by atoms with Gasteiger partial charge in [0.2, 0.25) is 0 Å². The minimum Gasteiger partial charge on any atom is -0.310 e. The third kappa shape index (κ3) is 5.64. The molecule has 0 fully saturated rings. The van der Waals surface area contributed by atoms with Crippen LogP contribution in [-0.2, 0) is 5.41 Å². The fraction of sp³-hybridized carbons (Fsp3) is 0.0370. The van der Waals surface area contributed by atoms with Crippen LogP contribution in [0.2, 0.25) is 0 Å². The van der Waals surface area contributed by atoms with Crippen molar-refractivity contribution in [2.45, 2.75) is 12.3 Å². The summed E-state index contributed by atoms with van der Waals surface area (Å²) in [5.41, 5.74) is 17.1. The van der Waals surface area contributed by atoms with E-state index in [4.69, 9.17) is 0 Å². The van der Waals surface area contributed by atoms with Gasteiger partial charge in [-0.1, -0.05) is 182 Å². The maximum Gasteiger partial charge on any atom is 0.0468 e. The zero-order valence-electron chi connectivity index (χ0n) is 30.7. The van der Waals surface area contributed by atoms with E-state index in [1.54, 1.807) is 0 Å². The number of anilines is 3. The van der Waals surface area contributed by atoms with Crippen LogP contribution in [0.1, 0.15) is 23.6 Å². The van der Waals surface area contributed by atoms with Gasteiger partial charge in [0.25, 0.3) is 0 Å². The first-order valence-corrected chi connectivity index (χ1v) is 19.1. The van der Waals surface area contributed by atoms with Crippen LogP contribution >= 0.6 is 0 Å². The van der Waals surface area contributed by atoms with Gasteiger partial charge in [0.05, 0.1) is 0 Å². The molecule has 0 bridgehead atoms. The summed E-state index contributed by atoms with van der Waals surface area (Å²) >= 11 is 0. The highest BCUT2D eigenvalue weighted by molar-refractivity contribution is 5.95. The molecule has 0 amide bonds. The average molecular weight is 702 g/mol. The van der Waals surface area contributed by atoms with Gasteiger partial charge in [-0.25, -0.2) is 0 Å². The normalized spacial score (nSPS) is 14.3. The summed E-state index contributed by atoms with van der Waals surface area (Å²) in [5, 5.41) is 2.45. The van der Waals surface area contributed by atoms with Gasteiger partial charge < -0.3 is 4.90 Å². The van der Waals surface area contributed by atoms with Gasteiger partial charge in [-0.3, -0.25) is 0 Å². The molecule has 0 saturated carbocycles. The molecule has 1 aliphatic carbocycles. The molecule has 1 aliphatic rings. The largest absolute Gasteiger partial charge is 0.310 e. The average Bonchev–Trinajstić information content (AvgIpc) is 3.54. The minimum absolute atomic E-state index is 0.230. The third-order valence-electron chi connectivity index (χ3n) is 11.6. The lowest BCUT2D eigenvalue weighted by Crippen LogP contribution is -2.22. The summed E-state index contributed by atoms with van der Waals surface area (Å²) < 4.78 is 0. The second-order valence-electron chi connectivity index (χ2n) is 14.7. The van der Waals surface area contributed by atoms with E-state index in [9.17, 15) is 0 Å². The van der Waals surface area contributed by atoms with Crippen LogP contribution in [0.3, 0.4) is 0 Å². The molecule has 9 aromatic carbocycles. The van der Waals surface area contributed by atoms with Crippen LogP contribution in [0, 0.1) is 0 Å². The molecule has 0 heterocycles. The summed E-state index contributed by atoms with van der Waals surface area (Å²) in [7, 11) is 0. The van der Waals surface area contributed by atoms with Crippen molar-refractivity contribution in [1.82, 2.24) is 0 Å². The Labute approximate surface area is 323 Å². The third-order valence-corrected chi connectivity index (χ3v) is 11.6.